The predicted octanol–water partition coefficient (Wildman–Crippen LogP) is 2.00. The van der Waals surface area contributed by atoms with Crippen molar-refractivity contribution in [2.75, 3.05) is 33.8 Å². The van der Waals surface area contributed by atoms with Crippen LogP contribution in [0.25, 0.3) is 0 Å². The van der Waals surface area contributed by atoms with Crippen LogP contribution in [0.15, 0.2) is 24.3 Å². The molecule has 1 heterocycles. The molecule has 1 aromatic carbocycles. The SMILES string of the molecule is CN(C)CCNC(=O)[C@H]1COC2(CCCCC2)N1C(=O)c1cccc(F)c1. The summed E-state index contributed by atoms with van der Waals surface area (Å²) in [4.78, 5) is 29.6. The van der Waals surface area contributed by atoms with Crippen LogP contribution in [0, 0.1) is 5.82 Å². The number of hydrogen-bond acceptors (Lipinski definition) is 4. The summed E-state index contributed by atoms with van der Waals surface area (Å²) in [6.45, 7) is 1.38. The van der Waals surface area contributed by atoms with Gasteiger partial charge in [-0.05, 0) is 58.0 Å². The van der Waals surface area contributed by atoms with E-state index >= 15 is 0 Å². The monoisotopic (exact) mass is 377 g/mol. The number of carbonyl (C=O) groups is 2. The first-order valence-corrected chi connectivity index (χ1v) is 9.59. The third kappa shape index (κ3) is 4.30. The number of likely N-dealkylation sites (N-methyl/N-ethyl adjacent to an activating group) is 1. The number of nitrogens with zero attached hydrogens (tertiary/aromatic N) is 2. The van der Waals surface area contributed by atoms with Crippen LogP contribution in [0.2, 0.25) is 0 Å². The lowest BCUT2D eigenvalue weighted by Gasteiger charge is -2.41. The Kier molecular flexibility index (Phi) is 6.11. The van der Waals surface area contributed by atoms with Crippen molar-refractivity contribution in [1.29, 1.82) is 0 Å². The van der Waals surface area contributed by atoms with Gasteiger partial charge in [0.05, 0.1) is 6.61 Å². The van der Waals surface area contributed by atoms with Crippen LogP contribution in [-0.4, -0.2) is 67.2 Å². The minimum Gasteiger partial charge on any atom is -0.353 e. The molecule has 1 saturated heterocycles. The quantitative estimate of drug-likeness (QED) is 0.853. The van der Waals surface area contributed by atoms with Crippen LogP contribution in [0.1, 0.15) is 42.5 Å². The highest BCUT2D eigenvalue weighted by molar-refractivity contribution is 5.98. The molecule has 27 heavy (non-hydrogen) atoms. The summed E-state index contributed by atoms with van der Waals surface area (Å²) in [6.07, 6.45) is 4.39. The zero-order valence-corrected chi connectivity index (χ0v) is 16.0. The number of rotatable bonds is 5. The largest absolute Gasteiger partial charge is 0.353 e. The Morgan fingerprint density at radius 2 is 2.04 bits per heavy atom. The third-order valence-electron chi connectivity index (χ3n) is 5.35. The highest BCUT2D eigenvalue weighted by Gasteiger charge is 2.52. The minimum atomic E-state index is -0.759. The summed E-state index contributed by atoms with van der Waals surface area (Å²) in [5.41, 5.74) is -0.512. The van der Waals surface area contributed by atoms with Crippen molar-refractivity contribution in [1.82, 2.24) is 15.1 Å². The first-order chi connectivity index (χ1) is 12.9. The van der Waals surface area contributed by atoms with E-state index in [1.54, 1.807) is 11.0 Å². The molecule has 0 radical (unpaired) electrons. The van der Waals surface area contributed by atoms with Gasteiger partial charge in [0.2, 0.25) is 5.91 Å². The molecule has 1 aromatic rings. The second-order valence-corrected chi connectivity index (χ2v) is 7.61. The number of ether oxygens (including phenoxy) is 1. The number of nitrogens with one attached hydrogen (secondary N) is 1. The average molecular weight is 377 g/mol. The number of benzene rings is 1. The molecule has 1 aliphatic heterocycles. The van der Waals surface area contributed by atoms with Crippen molar-refractivity contribution in [2.45, 2.75) is 43.9 Å². The van der Waals surface area contributed by atoms with E-state index in [1.165, 1.54) is 18.2 Å². The van der Waals surface area contributed by atoms with Gasteiger partial charge in [-0.1, -0.05) is 12.5 Å². The van der Waals surface area contributed by atoms with Gasteiger partial charge in [0, 0.05) is 18.7 Å². The summed E-state index contributed by atoms with van der Waals surface area (Å²) in [5, 5.41) is 2.90. The molecule has 0 aromatic heterocycles. The lowest BCUT2D eigenvalue weighted by molar-refractivity contribution is -0.127. The fraction of sp³-hybridized carbons (Fsp3) is 0.600. The van der Waals surface area contributed by atoms with Crippen LogP contribution in [0.4, 0.5) is 4.39 Å². The summed E-state index contributed by atoms with van der Waals surface area (Å²) < 4.78 is 19.7. The zero-order valence-electron chi connectivity index (χ0n) is 16.0. The highest BCUT2D eigenvalue weighted by atomic mass is 19.1. The van der Waals surface area contributed by atoms with Gasteiger partial charge in [-0.15, -0.1) is 0 Å². The van der Waals surface area contributed by atoms with Crippen molar-refractivity contribution >= 4 is 11.8 Å². The van der Waals surface area contributed by atoms with Crippen molar-refractivity contribution in [2.24, 2.45) is 0 Å². The lowest BCUT2D eigenvalue weighted by atomic mass is 9.89. The first kappa shape index (κ1) is 19.8. The molecule has 148 valence electrons. The van der Waals surface area contributed by atoms with E-state index in [-0.39, 0.29) is 24.0 Å². The molecule has 1 aliphatic carbocycles. The molecule has 2 fully saturated rings. The highest BCUT2D eigenvalue weighted by Crippen LogP contribution is 2.41. The summed E-state index contributed by atoms with van der Waals surface area (Å²) in [7, 11) is 3.86. The smallest absolute Gasteiger partial charge is 0.256 e. The van der Waals surface area contributed by atoms with Crippen molar-refractivity contribution in [3.63, 3.8) is 0 Å². The van der Waals surface area contributed by atoms with Gasteiger partial charge < -0.3 is 15.0 Å². The Balaban J connectivity index is 1.84. The Morgan fingerprint density at radius 1 is 1.30 bits per heavy atom. The van der Waals surface area contributed by atoms with Gasteiger partial charge in [-0.2, -0.15) is 0 Å². The van der Waals surface area contributed by atoms with E-state index in [9.17, 15) is 14.0 Å². The van der Waals surface area contributed by atoms with Crippen LogP contribution in [0.3, 0.4) is 0 Å². The van der Waals surface area contributed by atoms with Crippen LogP contribution in [-0.2, 0) is 9.53 Å². The predicted molar refractivity (Wildman–Crippen MR) is 99.7 cm³/mol. The van der Waals surface area contributed by atoms with Crippen LogP contribution in [0.5, 0.6) is 0 Å². The van der Waals surface area contributed by atoms with Crippen LogP contribution >= 0.6 is 0 Å². The summed E-state index contributed by atoms with van der Waals surface area (Å²) in [6, 6.07) is 4.93. The Hall–Kier alpha value is -1.99. The van der Waals surface area contributed by atoms with E-state index in [1.807, 2.05) is 19.0 Å². The summed E-state index contributed by atoms with van der Waals surface area (Å²) >= 11 is 0. The molecular formula is C20H28FN3O3. The van der Waals surface area contributed by atoms with Crippen molar-refractivity contribution in [3.05, 3.63) is 35.6 Å². The van der Waals surface area contributed by atoms with E-state index in [0.29, 0.717) is 25.9 Å². The van der Waals surface area contributed by atoms with Gasteiger partial charge >= 0.3 is 0 Å². The molecular weight excluding hydrogens is 349 g/mol. The molecule has 1 N–H and O–H groups in total. The molecule has 2 aliphatic rings. The van der Waals surface area contributed by atoms with Crippen molar-refractivity contribution in [3.8, 4) is 0 Å². The number of hydrogen-bond donors (Lipinski definition) is 1. The summed E-state index contributed by atoms with van der Waals surface area (Å²) in [5.74, 6) is -1.03. The van der Waals surface area contributed by atoms with Crippen molar-refractivity contribution < 1.29 is 18.7 Å². The Morgan fingerprint density at radius 3 is 2.70 bits per heavy atom. The molecule has 3 rings (SSSR count). The fourth-order valence-corrected chi connectivity index (χ4v) is 3.95. The molecule has 7 heteroatoms. The lowest BCUT2D eigenvalue weighted by Crippen LogP contribution is -2.56. The normalized spacial score (nSPS) is 21.6. The van der Waals surface area contributed by atoms with Gasteiger partial charge in [0.1, 0.15) is 17.6 Å². The maximum Gasteiger partial charge on any atom is 0.256 e. The molecule has 1 spiro atoms. The number of halogens is 1. The maximum absolute atomic E-state index is 13.7. The van der Waals surface area contributed by atoms with E-state index in [4.69, 9.17) is 4.74 Å². The number of carbonyl (C=O) groups excluding carboxylic acids is 2. The Bertz CT molecular complexity index is 689. The average Bonchev–Trinajstić information content (AvgIpc) is 3.00. The standard InChI is InChI=1S/C20H28FN3O3/c1-23(2)12-11-22-18(25)17-14-27-20(9-4-3-5-10-20)24(17)19(26)15-7-6-8-16(21)13-15/h6-8,13,17H,3-5,9-12,14H2,1-2H3,(H,22,25)/t17-/m1/s1. The van der Waals surface area contributed by atoms with E-state index < -0.39 is 17.6 Å². The zero-order chi connectivity index (χ0) is 19.4. The number of amides is 2. The first-order valence-electron chi connectivity index (χ1n) is 9.59. The Labute approximate surface area is 159 Å². The molecule has 1 atom stereocenters. The second kappa shape index (κ2) is 8.35. The molecule has 0 unspecified atom stereocenters. The molecule has 2 amide bonds. The molecule has 1 saturated carbocycles. The molecule has 0 bridgehead atoms. The maximum atomic E-state index is 13.7. The van der Waals surface area contributed by atoms with Gasteiger partial charge in [-0.3, -0.25) is 14.5 Å². The third-order valence-corrected chi connectivity index (χ3v) is 5.35. The topological polar surface area (TPSA) is 61.9 Å². The minimum absolute atomic E-state index is 0.175. The van der Waals surface area contributed by atoms with Gasteiger partial charge in [0.25, 0.3) is 5.91 Å². The van der Waals surface area contributed by atoms with E-state index in [2.05, 4.69) is 5.32 Å². The van der Waals surface area contributed by atoms with Gasteiger partial charge in [-0.25, -0.2) is 4.39 Å². The molecule has 6 nitrogen and oxygen atoms in total. The van der Waals surface area contributed by atoms with Gasteiger partial charge in [0.15, 0.2) is 0 Å². The van der Waals surface area contributed by atoms with Crippen LogP contribution < -0.4 is 5.32 Å². The second-order valence-electron chi connectivity index (χ2n) is 7.61. The fourth-order valence-electron chi connectivity index (χ4n) is 3.95. The van der Waals surface area contributed by atoms with E-state index in [0.717, 1.165) is 19.3 Å².